The van der Waals surface area contributed by atoms with Crippen LogP contribution in [0, 0.1) is 16.7 Å². The van der Waals surface area contributed by atoms with Gasteiger partial charge < -0.3 is 5.11 Å². The van der Waals surface area contributed by atoms with Crippen molar-refractivity contribution in [1.82, 2.24) is 0 Å². The van der Waals surface area contributed by atoms with Crippen molar-refractivity contribution in [2.24, 2.45) is 5.41 Å². The van der Waals surface area contributed by atoms with Gasteiger partial charge in [0.1, 0.15) is 0 Å². The maximum absolute atomic E-state index is 10.2. The Hall–Kier alpha value is -0.200. The van der Waals surface area contributed by atoms with Crippen LogP contribution in [0.5, 0.6) is 0 Å². The first-order valence-corrected chi connectivity index (χ1v) is 5.85. The fourth-order valence-corrected chi connectivity index (χ4v) is 3.61. The second kappa shape index (κ2) is 2.90. The molecule has 1 aliphatic carbocycles. The van der Waals surface area contributed by atoms with Gasteiger partial charge in [-0.05, 0) is 38.4 Å². The Morgan fingerprint density at radius 3 is 2.54 bits per heavy atom. The number of aliphatic hydroxyl groups excluding tert-OH is 1. The first-order chi connectivity index (χ1) is 6.13. The van der Waals surface area contributed by atoms with Crippen molar-refractivity contribution in [3.63, 3.8) is 0 Å². The van der Waals surface area contributed by atoms with Gasteiger partial charge in [-0.25, -0.2) is 0 Å². The van der Waals surface area contributed by atoms with Crippen molar-refractivity contribution in [3.05, 3.63) is 0 Å². The lowest BCUT2D eigenvalue weighted by atomic mass is 9.87. The summed E-state index contributed by atoms with van der Waals surface area (Å²) in [5.74, 6) is 1.13. The SMILES string of the molecule is CC1(C(O)C2(C#N)CC2)CCCS1. The van der Waals surface area contributed by atoms with Crippen LogP contribution in [0.4, 0.5) is 0 Å². The van der Waals surface area contributed by atoms with E-state index in [9.17, 15) is 5.11 Å². The van der Waals surface area contributed by atoms with Crippen molar-refractivity contribution in [2.45, 2.75) is 43.5 Å². The minimum atomic E-state index is -0.419. The van der Waals surface area contributed by atoms with E-state index in [4.69, 9.17) is 5.26 Å². The fourth-order valence-electron chi connectivity index (χ4n) is 2.18. The quantitative estimate of drug-likeness (QED) is 0.735. The molecule has 1 saturated heterocycles. The molecule has 72 valence electrons. The molecule has 2 unspecified atom stereocenters. The Balaban J connectivity index is 2.12. The van der Waals surface area contributed by atoms with Crippen LogP contribution in [0.3, 0.4) is 0 Å². The van der Waals surface area contributed by atoms with E-state index in [0.29, 0.717) is 0 Å². The van der Waals surface area contributed by atoms with Crippen LogP contribution in [0.2, 0.25) is 0 Å². The van der Waals surface area contributed by atoms with E-state index in [-0.39, 0.29) is 10.2 Å². The highest BCUT2D eigenvalue weighted by Gasteiger charge is 2.57. The number of hydrogen-bond donors (Lipinski definition) is 1. The smallest absolute Gasteiger partial charge is 0.0870 e. The molecule has 0 radical (unpaired) electrons. The Morgan fingerprint density at radius 2 is 2.15 bits per heavy atom. The summed E-state index contributed by atoms with van der Waals surface area (Å²) in [6.07, 6.45) is 3.60. The summed E-state index contributed by atoms with van der Waals surface area (Å²) in [4.78, 5) is 0. The maximum atomic E-state index is 10.2. The van der Waals surface area contributed by atoms with Crippen LogP contribution in [0.25, 0.3) is 0 Å². The average molecular weight is 197 g/mol. The third-order valence-electron chi connectivity index (χ3n) is 3.36. The standard InChI is InChI=1S/C10H15NOS/c1-9(3-2-6-13-9)8(12)10(7-11)4-5-10/h8,12H,2-6H2,1H3. The van der Waals surface area contributed by atoms with Gasteiger partial charge in [0.15, 0.2) is 0 Å². The van der Waals surface area contributed by atoms with Crippen molar-refractivity contribution >= 4 is 11.8 Å². The van der Waals surface area contributed by atoms with Gasteiger partial charge in [-0.2, -0.15) is 17.0 Å². The highest BCUT2D eigenvalue weighted by Crippen LogP contribution is 2.56. The monoisotopic (exact) mass is 197 g/mol. The summed E-state index contributed by atoms with van der Waals surface area (Å²) in [6, 6.07) is 2.29. The Labute approximate surface area is 83.3 Å². The lowest BCUT2D eigenvalue weighted by Crippen LogP contribution is -2.40. The van der Waals surface area contributed by atoms with Crippen LogP contribution >= 0.6 is 11.8 Å². The molecular weight excluding hydrogens is 182 g/mol. The van der Waals surface area contributed by atoms with Gasteiger partial charge in [0.05, 0.1) is 17.6 Å². The molecule has 3 heteroatoms. The fraction of sp³-hybridized carbons (Fsp3) is 0.900. The highest BCUT2D eigenvalue weighted by atomic mass is 32.2. The van der Waals surface area contributed by atoms with E-state index in [2.05, 4.69) is 13.0 Å². The zero-order valence-electron chi connectivity index (χ0n) is 7.92. The van der Waals surface area contributed by atoms with Crippen LogP contribution in [0.1, 0.15) is 32.6 Å². The number of hydrogen-bond acceptors (Lipinski definition) is 3. The number of thioether (sulfide) groups is 1. The molecule has 0 bridgehead atoms. The summed E-state index contributed by atoms with van der Waals surface area (Å²) in [5, 5.41) is 19.1. The lowest BCUT2D eigenvalue weighted by molar-refractivity contribution is 0.0841. The molecule has 1 saturated carbocycles. The minimum absolute atomic E-state index is 0.0494. The molecule has 0 aromatic carbocycles. The minimum Gasteiger partial charge on any atom is -0.390 e. The summed E-state index contributed by atoms with van der Waals surface area (Å²) < 4.78 is -0.0494. The van der Waals surface area contributed by atoms with Crippen molar-refractivity contribution in [3.8, 4) is 6.07 Å². The van der Waals surface area contributed by atoms with E-state index in [0.717, 1.165) is 25.0 Å². The molecule has 2 atom stereocenters. The van der Waals surface area contributed by atoms with Crippen LogP contribution in [-0.2, 0) is 0 Å². The van der Waals surface area contributed by atoms with Crippen molar-refractivity contribution < 1.29 is 5.11 Å². The molecule has 0 spiro atoms. The average Bonchev–Trinajstić information content (AvgIpc) is 2.82. The second-order valence-corrected chi connectivity index (χ2v) is 6.06. The molecule has 0 aromatic rings. The van der Waals surface area contributed by atoms with E-state index >= 15 is 0 Å². The zero-order chi connectivity index (χ0) is 9.53. The van der Waals surface area contributed by atoms with E-state index in [1.165, 1.54) is 6.42 Å². The molecule has 2 rings (SSSR count). The molecule has 2 aliphatic rings. The molecule has 0 amide bonds. The van der Waals surface area contributed by atoms with E-state index in [1.807, 2.05) is 11.8 Å². The van der Waals surface area contributed by atoms with E-state index in [1.54, 1.807) is 0 Å². The summed E-state index contributed by atoms with van der Waals surface area (Å²) >= 11 is 1.83. The predicted molar refractivity (Wildman–Crippen MR) is 53.4 cm³/mol. The number of rotatable bonds is 2. The first-order valence-electron chi connectivity index (χ1n) is 4.86. The highest BCUT2D eigenvalue weighted by molar-refractivity contribution is 8.00. The summed E-state index contributed by atoms with van der Waals surface area (Å²) in [5.41, 5.74) is -0.383. The Morgan fingerprint density at radius 1 is 1.46 bits per heavy atom. The van der Waals surface area contributed by atoms with E-state index < -0.39 is 6.10 Å². The van der Waals surface area contributed by atoms with Crippen molar-refractivity contribution in [1.29, 1.82) is 5.26 Å². The topological polar surface area (TPSA) is 44.0 Å². The van der Waals surface area contributed by atoms with Gasteiger partial charge in [-0.15, -0.1) is 0 Å². The maximum Gasteiger partial charge on any atom is 0.0870 e. The summed E-state index contributed by atoms with van der Waals surface area (Å²) in [6.45, 7) is 2.10. The predicted octanol–water partition coefficient (Wildman–Crippen LogP) is 1.94. The van der Waals surface area contributed by atoms with Crippen LogP contribution in [0.15, 0.2) is 0 Å². The number of nitriles is 1. The normalized spacial score (nSPS) is 38.2. The summed E-state index contributed by atoms with van der Waals surface area (Å²) in [7, 11) is 0. The third kappa shape index (κ3) is 1.37. The molecular formula is C10H15NOS. The molecule has 1 heterocycles. The molecule has 2 nitrogen and oxygen atoms in total. The van der Waals surface area contributed by atoms with Crippen LogP contribution < -0.4 is 0 Å². The molecule has 0 aromatic heterocycles. The molecule has 2 fully saturated rings. The van der Waals surface area contributed by atoms with Crippen molar-refractivity contribution in [2.75, 3.05) is 5.75 Å². The molecule has 1 aliphatic heterocycles. The zero-order valence-corrected chi connectivity index (χ0v) is 8.73. The second-order valence-electron chi connectivity index (χ2n) is 4.44. The third-order valence-corrected chi connectivity index (χ3v) is 4.94. The molecule has 1 N–H and O–H groups in total. The van der Waals surface area contributed by atoms with Gasteiger partial charge in [-0.1, -0.05) is 0 Å². The van der Waals surface area contributed by atoms with Gasteiger partial charge in [0, 0.05) is 4.75 Å². The van der Waals surface area contributed by atoms with Gasteiger partial charge in [0.25, 0.3) is 0 Å². The van der Waals surface area contributed by atoms with Gasteiger partial charge in [0.2, 0.25) is 0 Å². The Kier molecular flexibility index (Phi) is 2.08. The van der Waals surface area contributed by atoms with Crippen LogP contribution in [-0.4, -0.2) is 21.7 Å². The van der Waals surface area contributed by atoms with Gasteiger partial charge in [-0.3, -0.25) is 0 Å². The molecule has 13 heavy (non-hydrogen) atoms. The number of nitrogens with zero attached hydrogens (tertiary/aromatic N) is 1. The first kappa shape index (κ1) is 9.36. The lowest BCUT2D eigenvalue weighted by Gasteiger charge is -2.32. The Bertz CT molecular complexity index is 248. The number of aliphatic hydroxyl groups is 1. The largest absolute Gasteiger partial charge is 0.390 e. The van der Waals surface area contributed by atoms with Gasteiger partial charge >= 0.3 is 0 Å².